The number of benzene rings is 1. The first kappa shape index (κ1) is 17.2. The van der Waals surface area contributed by atoms with Crippen molar-refractivity contribution in [3.05, 3.63) is 67.4 Å². The fourth-order valence-electron chi connectivity index (χ4n) is 1.90. The number of rotatable bonds is 6. The highest BCUT2D eigenvalue weighted by molar-refractivity contribution is 7.17. The van der Waals surface area contributed by atoms with Crippen LogP contribution in [0, 0.1) is 20.2 Å². The lowest BCUT2D eigenvalue weighted by molar-refractivity contribution is -0.384. The molecule has 0 aliphatic rings. The zero-order valence-corrected chi connectivity index (χ0v) is 13.5. The number of ether oxygens (including phenoxy) is 1. The molecule has 12 heteroatoms. The van der Waals surface area contributed by atoms with Gasteiger partial charge in [0.1, 0.15) is 4.88 Å². The number of nitro benzene ring substituents is 1. The molecule has 1 aromatic carbocycles. The molecule has 0 spiro atoms. The number of nitrogens with zero attached hydrogens (tertiary/aromatic N) is 4. The molecule has 0 radical (unpaired) electrons. The Labute approximate surface area is 148 Å². The van der Waals surface area contributed by atoms with Crippen LogP contribution in [0.2, 0.25) is 0 Å². The minimum absolute atomic E-state index is 0.0118. The van der Waals surface area contributed by atoms with Crippen LogP contribution < -0.4 is 0 Å². The summed E-state index contributed by atoms with van der Waals surface area (Å²) in [7, 11) is 0. The number of non-ortho nitro benzene ring substituents is 1. The Balaban J connectivity index is 1.63. The van der Waals surface area contributed by atoms with Gasteiger partial charge in [-0.25, -0.2) is 4.79 Å². The summed E-state index contributed by atoms with van der Waals surface area (Å²) in [5.74, 6) is -0.561. The van der Waals surface area contributed by atoms with Crippen molar-refractivity contribution >= 4 is 28.0 Å². The highest BCUT2D eigenvalue weighted by Gasteiger charge is 2.18. The number of aromatic nitrogens is 2. The van der Waals surface area contributed by atoms with Crippen molar-refractivity contribution in [2.45, 2.75) is 6.61 Å². The summed E-state index contributed by atoms with van der Waals surface area (Å²) >= 11 is 0.695. The van der Waals surface area contributed by atoms with Crippen molar-refractivity contribution in [3.63, 3.8) is 0 Å². The van der Waals surface area contributed by atoms with Crippen molar-refractivity contribution in [2.24, 2.45) is 0 Å². The Bertz CT molecular complexity index is 979. The second-order valence-electron chi connectivity index (χ2n) is 4.79. The predicted octanol–water partition coefficient (Wildman–Crippen LogP) is 2.97. The van der Waals surface area contributed by atoms with Gasteiger partial charge in [-0.3, -0.25) is 20.2 Å². The van der Waals surface area contributed by atoms with Gasteiger partial charge in [0, 0.05) is 23.8 Å². The molecule has 0 unspecified atom stereocenters. The van der Waals surface area contributed by atoms with Gasteiger partial charge in [-0.05, 0) is 18.2 Å². The standard InChI is InChI=1S/C14H8N4O7S/c19-14(10-5-6-12(26-10)18(22)23)24-7-11-15-13(16-25-11)8-1-3-9(4-2-8)17(20)21/h1-6H,7H2. The molecule has 0 aliphatic carbocycles. The molecule has 2 aromatic heterocycles. The Hall–Kier alpha value is -3.67. The summed E-state index contributed by atoms with van der Waals surface area (Å²) < 4.78 is 9.92. The number of carbonyl (C=O) groups excluding carboxylic acids is 1. The van der Waals surface area contributed by atoms with E-state index in [4.69, 9.17) is 9.26 Å². The molecule has 0 bridgehead atoms. The largest absolute Gasteiger partial charge is 0.451 e. The fraction of sp³-hybridized carbons (Fsp3) is 0.0714. The number of nitro groups is 2. The van der Waals surface area contributed by atoms with E-state index >= 15 is 0 Å². The minimum atomic E-state index is -0.752. The normalized spacial score (nSPS) is 10.5. The second kappa shape index (κ2) is 7.06. The molecule has 0 saturated carbocycles. The van der Waals surface area contributed by atoms with Crippen LogP contribution in [-0.4, -0.2) is 26.0 Å². The van der Waals surface area contributed by atoms with Crippen molar-refractivity contribution < 1.29 is 23.9 Å². The van der Waals surface area contributed by atoms with E-state index in [0.29, 0.717) is 16.9 Å². The summed E-state index contributed by atoms with van der Waals surface area (Å²) in [6.07, 6.45) is 0. The minimum Gasteiger partial charge on any atom is -0.451 e. The first-order valence-electron chi connectivity index (χ1n) is 6.93. The summed E-state index contributed by atoms with van der Waals surface area (Å²) in [6.45, 7) is -0.315. The molecule has 0 N–H and O–H groups in total. The van der Waals surface area contributed by atoms with E-state index in [0.717, 1.165) is 0 Å². The zero-order chi connectivity index (χ0) is 18.7. The van der Waals surface area contributed by atoms with E-state index in [1.165, 1.54) is 36.4 Å². The van der Waals surface area contributed by atoms with E-state index in [2.05, 4.69) is 10.1 Å². The number of thiophene rings is 1. The molecule has 11 nitrogen and oxygen atoms in total. The van der Waals surface area contributed by atoms with Gasteiger partial charge in [-0.1, -0.05) is 16.5 Å². The molecule has 3 rings (SSSR count). The molecule has 0 fully saturated rings. The number of esters is 1. The first-order valence-corrected chi connectivity index (χ1v) is 7.74. The Morgan fingerprint density at radius 1 is 1.12 bits per heavy atom. The molecule has 26 heavy (non-hydrogen) atoms. The third-order valence-electron chi connectivity index (χ3n) is 3.10. The van der Waals surface area contributed by atoms with Crippen molar-refractivity contribution in [2.75, 3.05) is 0 Å². The third-order valence-corrected chi connectivity index (χ3v) is 4.12. The molecular weight excluding hydrogens is 368 g/mol. The lowest BCUT2D eigenvalue weighted by atomic mass is 10.2. The van der Waals surface area contributed by atoms with Gasteiger partial charge in [0.15, 0.2) is 6.61 Å². The number of hydrogen-bond donors (Lipinski definition) is 0. The summed E-state index contributed by atoms with van der Waals surface area (Å²) in [4.78, 5) is 36.0. The van der Waals surface area contributed by atoms with Gasteiger partial charge in [0.25, 0.3) is 11.6 Å². The van der Waals surface area contributed by atoms with E-state index in [1.807, 2.05) is 0 Å². The summed E-state index contributed by atoms with van der Waals surface area (Å²) in [5.41, 5.74) is 0.419. The fourth-order valence-corrected chi connectivity index (χ4v) is 2.61. The average Bonchev–Trinajstić information content (AvgIpc) is 3.29. The quantitative estimate of drug-likeness (QED) is 0.359. The van der Waals surface area contributed by atoms with E-state index < -0.39 is 15.8 Å². The van der Waals surface area contributed by atoms with Crippen molar-refractivity contribution in [1.82, 2.24) is 10.1 Å². The highest BCUT2D eigenvalue weighted by Crippen LogP contribution is 2.25. The molecule has 0 aliphatic heterocycles. The van der Waals surface area contributed by atoms with Gasteiger partial charge in [0.05, 0.1) is 9.85 Å². The van der Waals surface area contributed by atoms with Crippen molar-refractivity contribution in [3.8, 4) is 11.4 Å². The Morgan fingerprint density at radius 3 is 2.46 bits per heavy atom. The molecule has 2 heterocycles. The summed E-state index contributed by atoms with van der Waals surface area (Å²) in [5, 5.41) is 24.8. The lowest BCUT2D eigenvalue weighted by Crippen LogP contribution is -2.03. The van der Waals surface area contributed by atoms with Crippen LogP contribution >= 0.6 is 11.3 Å². The molecule has 0 atom stereocenters. The SMILES string of the molecule is O=C(OCc1nc(-c2ccc([N+](=O)[O-])cc2)no1)c1ccc([N+](=O)[O-])s1. The van der Waals surface area contributed by atoms with Gasteiger partial charge < -0.3 is 9.26 Å². The maximum Gasteiger partial charge on any atom is 0.349 e. The van der Waals surface area contributed by atoms with E-state index in [1.54, 1.807) is 0 Å². The van der Waals surface area contributed by atoms with Crippen LogP contribution in [0.3, 0.4) is 0 Å². The molecule has 3 aromatic rings. The number of hydrogen-bond acceptors (Lipinski definition) is 10. The monoisotopic (exact) mass is 376 g/mol. The smallest absolute Gasteiger partial charge is 0.349 e. The Kier molecular flexibility index (Phi) is 4.66. The third kappa shape index (κ3) is 3.70. The predicted molar refractivity (Wildman–Crippen MR) is 86.5 cm³/mol. The molecule has 132 valence electrons. The van der Waals surface area contributed by atoms with E-state index in [9.17, 15) is 25.0 Å². The first-order chi connectivity index (χ1) is 12.4. The van der Waals surface area contributed by atoms with Crippen LogP contribution in [0.4, 0.5) is 10.7 Å². The highest BCUT2D eigenvalue weighted by atomic mass is 32.1. The van der Waals surface area contributed by atoms with Crippen LogP contribution in [0.25, 0.3) is 11.4 Å². The van der Waals surface area contributed by atoms with Crippen LogP contribution in [0.1, 0.15) is 15.6 Å². The Morgan fingerprint density at radius 2 is 1.85 bits per heavy atom. The molecular formula is C14H8N4O7S. The van der Waals surface area contributed by atoms with Gasteiger partial charge >= 0.3 is 11.0 Å². The van der Waals surface area contributed by atoms with Gasteiger partial charge in [0.2, 0.25) is 5.82 Å². The molecule has 0 saturated heterocycles. The number of carbonyl (C=O) groups is 1. The lowest BCUT2D eigenvalue weighted by Gasteiger charge is -1.98. The average molecular weight is 376 g/mol. The molecule has 0 amide bonds. The van der Waals surface area contributed by atoms with Crippen molar-refractivity contribution in [1.29, 1.82) is 0 Å². The second-order valence-corrected chi connectivity index (χ2v) is 5.85. The summed E-state index contributed by atoms with van der Waals surface area (Å²) in [6, 6.07) is 8.03. The maximum absolute atomic E-state index is 11.8. The maximum atomic E-state index is 11.8. The van der Waals surface area contributed by atoms with Crippen LogP contribution in [-0.2, 0) is 11.3 Å². The van der Waals surface area contributed by atoms with Gasteiger partial charge in [-0.15, -0.1) is 0 Å². The van der Waals surface area contributed by atoms with Crippen LogP contribution in [0.5, 0.6) is 0 Å². The van der Waals surface area contributed by atoms with Crippen LogP contribution in [0.15, 0.2) is 40.9 Å². The van der Waals surface area contributed by atoms with E-state index in [-0.39, 0.29) is 33.9 Å². The topological polar surface area (TPSA) is 152 Å². The van der Waals surface area contributed by atoms with Gasteiger partial charge in [-0.2, -0.15) is 4.98 Å². The zero-order valence-electron chi connectivity index (χ0n) is 12.7.